The number of rotatable bonds is 2. The van der Waals surface area contributed by atoms with Crippen LogP contribution in [0.3, 0.4) is 0 Å². The van der Waals surface area contributed by atoms with Crippen LogP contribution in [0.4, 0.5) is 5.69 Å². The smallest absolute Gasteiger partial charge is 0.290 e. The maximum Gasteiger partial charge on any atom is 0.290 e. The Morgan fingerprint density at radius 1 is 1.56 bits per heavy atom. The SMILES string of the molecule is Cc1ccc(O)c(NC(=O)C2=NCCN2)c1. The summed E-state index contributed by atoms with van der Waals surface area (Å²) in [5, 5.41) is 15.0. The van der Waals surface area contributed by atoms with Gasteiger partial charge in [0.1, 0.15) is 5.75 Å². The molecule has 5 heteroatoms. The van der Waals surface area contributed by atoms with Gasteiger partial charge in [-0.1, -0.05) is 6.07 Å². The predicted molar refractivity (Wildman–Crippen MR) is 61.8 cm³/mol. The van der Waals surface area contributed by atoms with E-state index in [1.807, 2.05) is 6.92 Å². The maximum atomic E-state index is 11.7. The van der Waals surface area contributed by atoms with Gasteiger partial charge >= 0.3 is 0 Å². The van der Waals surface area contributed by atoms with E-state index in [1.165, 1.54) is 0 Å². The van der Waals surface area contributed by atoms with E-state index < -0.39 is 0 Å². The molecule has 2 rings (SSSR count). The second-order valence-electron chi connectivity index (χ2n) is 3.63. The number of nitrogens with zero attached hydrogens (tertiary/aromatic N) is 1. The second kappa shape index (κ2) is 4.22. The number of hydrogen-bond acceptors (Lipinski definition) is 4. The van der Waals surface area contributed by atoms with Crippen molar-refractivity contribution < 1.29 is 9.90 Å². The number of hydrogen-bond donors (Lipinski definition) is 3. The molecule has 0 spiro atoms. The van der Waals surface area contributed by atoms with Gasteiger partial charge in [-0.25, -0.2) is 0 Å². The number of anilines is 1. The lowest BCUT2D eigenvalue weighted by Crippen LogP contribution is -2.32. The highest BCUT2D eigenvalue weighted by Crippen LogP contribution is 2.23. The van der Waals surface area contributed by atoms with Crippen LogP contribution >= 0.6 is 0 Å². The summed E-state index contributed by atoms with van der Waals surface area (Å²) < 4.78 is 0. The Morgan fingerprint density at radius 3 is 3.06 bits per heavy atom. The summed E-state index contributed by atoms with van der Waals surface area (Å²) >= 11 is 0. The van der Waals surface area contributed by atoms with Crippen LogP contribution in [-0.4, -0.2) is 29.9 Å². The molecular formula is C11H13N3O2. The van der Waals surface area contributed by atoms with Crippen LogP contribution in [0.2, 0.25) is 0 Å². The van der Waals surface area contributed by atoms with Gasteiger partial charge in [0.05, 0.1) is 12.2 Å². The molecule has 1 aromatic carbocycles. The summed E-state index contributed by atoms with van der Waals surface area (Å²) in [6, 6.07) is 5.04. The molecule has 3 N–H and O–H groups in total. The summed E-state index contributed by atoms with van der Waals surface area (Å²) in [5.41, 5.74) is 1.37. The van der Waals surface area contributed by atoms with Crippen LogP contribution in [0.25, 0.3) is 0 Å². The highest BCUT2D eigenvalue weighted by molar-refractivity contribution is 6.42. The highest BCUT2D eigenvalue weighted by Gasteiger charge is 2.15. The number of aromatic hydroxyl groups is 1. The Morgan fingerprint density at radius 2 is 2.38 bits per heavy atom. The van der Waals surface area contributed by atoms with E-state index in [0.29, 0.717) is 24.6 Å². The van der Waals surface area contributed by atoms with E-state index >= 15 is 0 Å². The summed E-state index contributed by atoms with van der Waals surface area (Å²) in [4.78, 5) is 15.7. The topological polar surface area (TPSA) is 73.7 Å². The lowest BCUT2D eigenvalue weighted by Gasteiger charge is -2.08. The van der Waals surface area contributed by atoms with Crippen LogP contribution in [0.15, 0.2) is 23.2 Å². The molecule has 0 bridgehead atoms. The average molecular weight is 219 g/mol. The van der Waals surface area contributed by atoms with Crippen molar-refractivity contribution in [3.63, 3.8) is 0 Å². The molecule has 0 atom stereocenters. The number of carbonyl (C=O) groups is 1. The molecule has 0 radical (unpaired) electrons. The fourth-order valence-electron chi connectivity index (χ4n) is 1.48. The average Bonchev–Trinajstić information content (AvgIpc) is 2.76. The molecule has 0 fully saturated rings. The Labute approximate surface area is 93.2 Å². The molecule has 16 heavy (non-hydrogen) atoms. The molecule has 1 amide bonds. The summed E-state index contributed by atoms with van der Waals surface area (Å²) in [6.07, 6.45) is 0. The van der Waals surface area contributed by atoms with Crippen LogP contribution in [0.5, 0.6) is 5.75 Å². The molecule has 0 saturated carbocycles. The monoisotopic (exact) mass is 219 g/mol. The summed E-state index contributed by atoms with van der Waals surface area (Å²) in [6.45, 7) is 3.19. The molecule has 0 aromatic heterocycles. The zero-order valence-electron chi connectivity index (χ0n) is 8.95. The quantitative estimate of drug-likeness (QED) is 0.639. The van der Waals surface area contributed by atoms with E-state index in [9.17, 15) is 9.90 Å². The minimum atomic E-state index is -0.321. The van der Waals surface area contributed by atoms with Gasteiger partial charge < -0.3 is 15.7 Å². The van der Waals surface area contributed by atoms with Crippen molar-refractivity contribution in [2.75, 3.05) is 18.4 Å². The Kier molecular flexibility index (Phi) is 2.76. The number of carbonyl (C=O) groups excluding carboxylic acids is 1. The largest absolute Gasteiger partial charge is 0.506 e. The van der Waals surface area contributed by atoms with Crippen molar-refractivity contribution in [2.45, 2.75) is 6.92 Å². The van der Waals surface area contributed by atoms with Gasteiger partial charge in [-0.15, -0.1) is 0 Å². The summed E-state index contributed by atoms with van der Waals surface area (Å²) in [7, 11) is 0. The van der Waals surface area contributed by atoms with Crippen molar-refractivity contribution in [3.05, 3.63) is 23.8 Å². The van der Waals surface area contributed by atoms with E-state index in [1.54, 1.807) is 18.2 Å². The Bertz CT molecular complexity index is 455. The minimum Gasteiger partial charge on any atom is -0.506 e. The predicted octanol–water partition coefficient (Wildman–Crippen LogP) is 0.641. The third kappa shape index (κ3) is 2.13. The van der Waals surface area contributed by atoms with Crippen molar-refractivity contribution in [2.24, 2.45) is 4.99 Å². The number of phenolic OH excluding ortho intramolecular Hbond substituents is 1. The van der Waals surface area contributed by atoms with Gasteiger partial charge in [-0.05, 0) is 24.6 Å². The van der Waals surface area contributed by atoms with Gasteiger partial charge in [-0.2, -0.15) is 0 Å². The van der Waals surface area contributed by atoms with Crippen molar-refractivity contribution >= 4 is 17.4 Å². The van der Waals surface area contributed by atoms with E-state index in [-0.39, 0.29) is 11.7 Å². The molecule has 1 aromatic rings. The molecular weight excluding hydrogens is 206 g/mol. The minimum absolute atomic E-state index is 0.0533. The van der Waals surface area contributed by atoms with Gasteiger partial charge in [0.15, 0.2) is 5.84 Å². The Hall–Kier alpha value is -2.04. The van der Waals surface area contributed by atoms with E-state index in [0.717, 1.165) is 5.56 Å². The lowest BCUT2D eigenvalue weighted by molar-refractivity contribution is -0.110. The first-order chi connectivity index (χ1) is 7.66. The van der Waals surface area contributed by atoms with Crippen LogP contribution < -0.4 is 10.6 Å². The fraction of sp³-hybridized carbons (Fsp3) is 0.273. The van der Waals surface area contributed by atoms with Crippen molar-refractivity contribution in [3.8, 4) is 5.75 Å². The van der Waals surface area contributed by atoms with Gasteiger partial charge in [0.25, 0.3) is 5.91 Å². The first kappa shape index (κ1) is 10.5. The zero-order valence-corrected chi connectivity index (χ0v) is 8.95. The van der Waals surface area contributed by atoms with E-state index in [2.05, 4.69) is 15.6 Å². The number of aryl methyl sites for hydroxylation is 1. The van der Waals surface area contributed by atoms with Crippen molar-refractivity contribution in [1.82, 2.24) is 5.32 Å². The van der Waals surface area contributed by atoms with Gasteiger partial charge in [0.2, 0.25) is 0 Å². The molecule has 0 unspecified atom stereocenters. The lowest BCUT2D eigenvalue weighted by atomic mass is 10.2. The molecule has 1 aliphatic heterocycles. The number of phenols is 1. The number of amides is 1. The molecule has 5 nitrogen and oxygen atoms in total. The number of amidine groups is 1. The number of aliphatic imine (C=N–C) groups is 1. The molecule has 1 aliphatic rings. The number of nitrogens with one attached hydrogen (secondary N) is 2. The van der Waals surface area contributed by atoms with Crippen LogP contribution in [0.1, 0.15) is 5.56 Å². The standard InChI is InChI=1S/C11H13N3O2/c1-7-2-3-9(15)8(6-7)14-11(16)10-12-4-5-13-10/h2-3,6,15H,4-5H2,1H3,(H,12,13)(H,14,16). The normalized spacial score (nSPS) is 14.2. The van der Waals surface area contributed by atoms with E-state index in [4.69, 9.17) is 0 Å². The third-order valence-electron chi connectivity index (χ3n) is 2.29. The highest BCUT2D eigenvalue weighted by atomic mass is 16.3. The number of benzene rings is 1. The van der Waals surface area contributed by atoms with Gasteiger partial charge in [-0.3, -0.25) is 9.79 Å². The molecule has 0 aliphatic carbocycles. The molecule has 0 saturated heterocycles. The fourth-order valence-corrected chi connectivity index (χ4v) is 1.48. The Balaban J connectivity index is 2.14. The second-order valence-corrected chi connectivity index (χ2v) is 3.63. The van der Waals surface area contributed by atoms with Crippen LogP contribution in [-0.2, 0) is 4.79 Å². The maximum absolute atomic E-state index is 11.7. The first-order valence-corrected chi connectivity index (χ1v) is 5.06. The van der Waals surface area contributed by atoms with Gasteiger partial charge in [0, 0.05) is 6.54 Å². The van der Waals surface area contributed by atoms with Crippen molar-refractivity contribution in [1.29, 1.82) is 0 Å². The first-order valence-electron chi connectivity index (χ1n) is 5.06. The zero-order chi connectivity index (χ0) is 11.5. The molecule has 84 valence electrons. The third-order valence-corrected chi connectivity index (χ3v) is 2.29. The summed E-state index contributed by atoms with van der Waals surface area (Å²) in [5.74, 6) is 0.0526. The van der Waals surface area contributed by atoms with Crippen LogP contribution in [0, 0.1) is 6.92 Å². The molecule has 1 heterocycles.